The molecule has 6 nitrogen and oxygen atoms in total. The van der Waals surface area contributed by atoms with Gasteiger partial charge < -0.3 is 0 Å². The minimum absolute atomic E-state index is 0.203. The Labute approximate surface area is 155 Å². The zero-order valence-corrected chi connectivity index (χ0v) is 17.2. The van der Waals surface area contributed by atoms with E-state index in [1.165, 1.54) is 0 Å². The van der Waals surface area contributed by atoms with Gasteiger partial charge in [-0.15, -0.1) is 0 Å². The average molecular weight is 375 g/mol. The molecule has 1 heterocycles. The van der Waals surface area contributed by atoms with Gasteiger partial charge >= 0.3 is 0 Å². The summed E-state index contributed by atoms with van der Waals surface area (Å²) in [5, 5.41) is 13.6. The van der Waals surface area contributed by atoms with E-state index in [9.17, 15) is 13.7 Å². The summed E-state index contributed by atoms with van der Waals surface area (Å²) in [4.78, 5) is 0.203. The normalized spacial score (nSPS) is 12.7. The van der Waals surface area contributed by atoms with Gasteiger partial charge in [-0.3, -0.25) is 9.40 Å². The number of anilines is 1. The summed E-state index contributed by atoms with van der Waals surface area (Å²) in [6.45, 7) is 13.0. The number of aromatic nitrogens is 2. The molecule has 0 radical (unpaired) electrons. The van der Waals surface area contributed by atoms with E-state index in [0.29, 0.717) is 17.1 Å². The van der Waals surface area contributed by atoms with Crippen LogP contribution in [-0.2, 0) is 21.0 Å². The molecule has 0 fully saturated rings. The lowest BCUT2D eigenvalue weighted by Crippen LogP contribution is -2.25. The van der Waals surface area contributed by atoms with Crippen LogP contribution in [0.2, 0.25) is 0 Å². The number of rotatable bonds is 4. The van der Waals surface area contributed by atoms with Crippen molar-refractivity contribution in [1.29, 1.82) is 5.26 Å². The summed E-state index contributed by atoms with van der Waals surface area (Å²) in [5.74, 6) is 0. The number of nitrogens with zero attached hydrogens (tertiary/aromatic N) is 3. The first-order valence-electron chi connectivity index (χ1n) is 8.41. The first-order valence-corrected chi connectivity index (χ1v) is 9.89. The fraction of sp³-hybridized carbons (Fsp3) is 0.474. The van der Waals surface area contributed by atoms with Crippen molar-refractivity contribution in [3.63, 3.8) is 0 Å². The molecule has 0 aliphatic heterocycles. The molecule has 2 aromatic rings. The zero-order valence-electron chi connectivity index (χ0n) is 16.4. The number of hydrogen-bond donors (Lipinski definition) is 1. The summed E-state index contributed by atoms with van der Waals surface area (Å²) < 4.78 is 30.2. The molecule has 7 heteroatoms. The summed E-state index contributed by atoms with van der Waals surface area (Å²) in [7, 11) is -3.77. The van der Waals surface area contributed by atoms with Crippen LogP contribution in [-0.4, -0.2) is 18.2 Å². The van der Waals surface area contributed by atoms with Crippen LogP contribution in [0.4, 0.5) is 5.69 Å². The van der Waals surface area contributed by atoms with Crippen molar-refractivity contribution in [2.24, 2.45) is 0 Å². The van der Waals surface area contributed by atoms with Crippen molar-refractivity contribution in [3.8, 4) is 6.07 Å². The van der Waals surface area contributed by atoms with Gasteiger partial charge in [-0.1, -0.05) is 12.1 Å². The van der Waals surface area contributed by atoms with Crippen molar-refractivity contribution >= 4 is 15.7 Å². The average Bonchev–Trinajstić information content (AvgIpc) is 2.83. The summed E-state index contributed by atoms with van der Waals surface area (Å²) in [5.41, 5.74) is 1.41. The summed E-state index contributed by atoms with van der Waals surface area (Å²) >= 11 is 0. The largest absolute Gasteiger partial charge is 0.280 e. The number of sulfonamides is 1. The Morgan fingerprint density at radius 2 is 1.62 bits per heavy atom. The minimum Gasteiger partial charge on any atom is -0.280 e. The number of hydrogen-bond acceptors (Lipinski definition) is 4. The van der Waals surface area contributed by atoms with Gasteiger partial charge in [0.1, 0.15) is 4.90 Å². The van der Waals surface area contributed by atoms with E-state index in [2.05, 4.69) is 15.9 Å². The maximum Gasteiger partial charge on any atom is 0.265 e. The quantitative estimate of drug-likeness (QED) is 0.880. The Kier molecular flexibility index (Phi) is 4.95. The fourth-order valence-electron chi connectivity index (χ4n) is 2.90. The molecule has 0 aliphatic rings. The monoisotopic (exact) mass is 374 g/mol. The third-order valence-electron chi connectivity index (χ3n) is 4.27. The summed E-state index contributed by atoms with van der Waals surface area (Å²) in [6, 6.07) is 9.10. The van der Waals surface area contributed by atoms with Gasteiger partial charge in [0.15, 0.2) is 0 Å². The Balaban J connectivity index is 2.39. The molecular formula is C19H26N4O2S. The molecule has 1 N–H and O–H groups in total. The van der Waals surface area contributed by atoms with Gasteiger partial charge in [0.2, 0.25) is 0 Å². The maximum absolute atomic E-state index is 12.9. The van der Waals surface area contributed by atoms with Crippen molar-refractivity contribution in [2.45, 2.75) is 64.3 Å². The van der Waals surface area contributed by atoms with E-state index < -0.39 is 15.4 Å². The van der Waals surface area contributed by atoms with Gasteiger partial charge in [0.25, 0.3) is 10.0 Å². The van der Waals surface area contributed by atoms with Crippen LogP contribution in [0.3, 0.4) is 0 Å². The van der Waals surface area contributed by atoms with E-state index >= 15 is 0 Å². The highest BCUT2D eigenvalue weighted by atomic mass is 32.2. The highest BCUT2D eigenvalue weighted by Crippen LogP contribution is 2.28. The smallest absolute Gasteiger partial charge is 0.265 e. The Bertz CT molecular complexity index is 957. The molecule has 1 aromatic heterocycles. The third-order valence-corrected chi connectivity index (χ3v) is 5.90. The number of nitriles is 1. The molecule has 26 heavy (non-hydrogen) atoms. The van der Waals surface area contributed by atoms with E-state index in [1.807, 2.05) is 34.6 Å². The van der Waals surface area contributed by atoms with Crippen LogP contribution in [0.1, 0.15) is 51.6 Å². The fourth-order valence-corrected chi connectivity index (χ4v) is 4.35. The Hall–Kier alpha value is -2.33. The van der Waals surface area contributed by atoms with Crippen molar-refractivity contribution in [3.05, 3.63) is 41.2 Å². The minimum atomic E-state index is -3.77. The lowest BCUT2D eigenvalue weighted by molar-refractivity contribution is 0.345. The first-order chi connectivity index (χ1) is 11.8. The van der Waals surface area contributed by atoms with E-state index in [4.69, 9.17) is 0 Å². The molecule has 2 rings (SSSR count). The van der Waals surface area contributed by atoms with Gasteiger partial charge in [-0.25, -0.2) is 8.42 Å². The van der Waals surface area contributed by atoms with E-state index in [-0.39, 0.29) is 10.4 Å². The Morgan fingerprint density at radius 3 is 2.04 bits per heavy atom. The lowest BCUT2D eigenvalue weighted by Gasteiger charge is -2.21. The number of nitrogens with one attached hydrogen (secondary N) is 1. The second-order valence-electron chi connectivity index (χ2n) is 8.00. The predicted octanol–water partition coefficient (Wildman–Crippen LogP) is 3.86. The van der Waals surface area contributed by atoms with Crippen LogP contribution in [0.5, 0.6) is 0 Å². The molecule has 140 valence electrons. The van der Waals surface area contributed by atoms with Crippen LogP contribution in [0.25, 0.3) is 0 Å². The molecule has 0 saturated heterocycles. The van der Waals surface area contributed by atoms with Crippen LogP contribution < -0.4 is 4.72 Å². The molecule has 0 unspecified atom stereocenters. The van der Waals surface area contributed by atoms with E-state index in [0.717, 1.165) is 5.56 Å². The lowest BCUT2D eigenvalue weighted by atomic mass is 9.86. The maximum atomic E-state index is 12.9. The van der Waals surface area contributed by atoms with Gasteiger partial charge in [-0.05, 0) is 66.2 Å². The number of benzene rings is 1. The highest BCUT2D eigenvalue weighted by Gasteiger charge is 2.28. The van der Waals surface area contributed by atoms with Crippen molar-refractivity contribution in [2.75, 3.05) is 4.72 Å². The molecular weight excluding hydrogens is 348 g/mol. The summed E-state index contributed by atoms with van der Waals surface area (Å²) in [6.07, 6.45) is 0. The molecule has 0 bridgehead atoms. The van der Waals surface area contributed by atoms with Crippen LogP contribution >= 0.6 is 0 Å². The molecule has 0 atom stereocenters. The molecule has 0 amide bonds. The van der Waals surface area contributed by atoms with E-state index in [1.54, 1.807) is 42.8 Å². The first kappa shape index (κ1) is 20.0. The molecule has 0 aliphatic carbocycles. The number of aryl methyl sites for hydroxylation is 1. The van der Waals surface area contributed by atoms with Crippen molar-refractivity contribution < 1.29 is 8.42 Å². The van der Waals surface area contributed by atoms with Crippen LogP contribution in [0, 0.1) is 25.2 Å². The molecule has 0 saturated carbocycles. The van der Waals surface area contributed by atoms with Gasteiger partial charge in [-0.2, -0.15) is 10.4 Å². The SMILES string of the molecule is Cc1nn(C(C)(C)C)c(C)c1S(=O)(=O)Nc1ccc(C(C)(C)C#N)cc1. The van der Waals surface area contributed by atoms with Crippen molar-refractivity contribution in [1.82, 2.24) is 9.78 Å². The van der Waals surface area contributed by atoms with Gasteiger partial charge in [0, 0.05) is 5.69 Å². The second kappa shape index (κ2) is 6.44. The standard InChI is InChI=1S/C19H26N4O2S/c1-13-17(14(2)23(21-13)18(3,4)5)26(24,25)22-16-10-8-15(9-11-16)19(6,7)12-20/h8-11,22H,1-7H3. The third kappa shape index (κ3) is 3.75. The van der Waals surface area contributed by atoms with Crippen LogP contribution in [0.15, 0.2) is 29.2 Å². The Morgan fingerprint density at radius 1 is 1.08 bits per heavy atom. The highest BCUT2D eigenvalue weighted by molar-refractivity contribution is 7.92. The topological polar surface area (TPSA) is 87.8 Å². The van der Waals surface area contributed by atoms with Gasteiger partial charge in [0.05, 0.1) is 28.4 Å². The second-order valence-corrected chi connectivity index (χ2v) is 9.62. The zero-order chi connectivity index (χ0) is 19.9. The molecule has 0 spiro atoms. The molecule has 1 aromatic carbocycles. The predicted molar refractivity (Wildman–Crippen MR) is 103 cm³/mol.